The normalized spacial score (nSPS) is 14.0. The molecule has 0 saturated carbocycles. The van der Waals surface area contributed by atoms with Gasteiger partial charge in [-0.25, -0.2) is 4.79 Å². The summed E-state index contributed by atoms with van der Waals surface area (Å²) in [5.74, 6) is -2.34. The maximum absolute atomic E-state index is 12.4. The summed E-state index contributed by atoms with van der Waals surface area (Å²) >= 11 is 4.06. The van der Waals surface area contributed by atoms with E-state index in [9.17, 15) is 24.6 Å². The van der Waals surface area contributed by atoms with Crippen LogP contribution >= 0.6 is 12.6 Å². The first-order valence-electron chi connectivity index (χ1n) is 8.96. The van der Waals surface area contributed by atoms with E-state index in [0.29, 0.717) is 24.9 Å². The lowest BCUT2D eigenvalue weighted by atomic mass is 10.1. The van der Waals surface area contributed by atoms with Gasteiger partial charge in [-0.2, -0.15) is 12.6 Å². The van der Waals surface area contributed by atoms with Gasteiger partial charge in [-0.1, -0.05) is 18.6 Å². The van der Waals surface area contributed by atoms with E-state index < -0.39 is 35.9 Å². The highest BCUT2D eigenvalue weighted by molar-refractivity contribution is 7.80. The van der Waals surface area contributed by atoms with E-state index in [0.717, 1.165) is 6.42 Å². The third-order valence-electron chi connectivity index (χ3n) is 4.11. The van der Waals surface area contributed by atoms with Crippen LogP contribution in [0.25, 0.3) is 0 Å². The summed E-state index contributed by atoms with van der Waals surface area (Å²) < 4.78 is 0. The van der Waals surface area contributed by atoms with Crippen LogP contribution in [-0.2, 0) is 20.8 Å². The molecule has 0 heterocycles. The zero-order valence-electron chi connectivity index (χ0n) is 15.5. The largest absolute Gasteiger partial charge is 0.508 e. The summed E-state index contributed by atoms with van der Waals surface area (Å²) in [4.78, 5) is 36.0. The number of aliphatic carboxylic acids is 1. The second-order valence-corrected chi connectivity index (χ2v) is 6.77. The minimum atomic E-state index is -1.22. The third kappa shape index (κ3) is 8.15. The molecular weight excluding hydrogens is 384 g/mol. The molecule has 3 atom stereocenters. The molecule has 1 aromatic rings. The second kappa shape index (κ2) is 12.2. The molecule has 3 unspecified atom stereocenters. The molecular formula is C18H28N4O5S. The molecule has 0 radical (unpaired) electrons. The highest BCUT2D eigenvalue weighted by Gasteiger charge is 2.27. The van der Waals surface area contributed by atoms with Crippen molar-refractivity contribution in [3.05, 3.63) is 29.8 Å². The Bertz CT molecular complexity index is 656. The number of aromatic hydroxyl groups is 1. The predicted molar refractivity (Wildman–Crippen MR) is 108 cm³/mol. The first kappa shape index (κ1) is 23.7. The van der Waals surface area contributed by atoms with Crippen LogP contribution in [0.1, 0.15) is 24.8 Å². The predicted octanol–water partition coefficient (Wildman–Crippen LogP) is -0.625. The van der Waals surface area contributed by atoms with Crippen LogP contribution in [0.3, 0.4) is 0 Å². The summed E-state index contributed by atoms with van der Waals surface area (Å²) in [7, 11) is 0. The summed E-state index contributed by atoms with van der Waals surface area (Å²) in [6.07, 6.45) is 1.89. The Morgan fingerprint density at radius 1 is 1.04 bits per heavy atom. The van der Waals surface area contributed by atoms with Gasteiger partial charge in [0.25, 0.3) is 0 Å². The molecule has 156 valence electrons. The SMILES string of the molecule is NCCCCC(N)C(=O)NC(CS)C(=O)NC(Cc1ccc(O)cc1)C(=O)O. The van der Waals surface area contributed by atoms with Crippen molar-refractivity contribution in [3.63, 3.8) is 0 Å². The number of nitrogens with one attached hydrogen (secondary N) is 2. The van der Waals surface area contributed by atoms with Crippen molar-refractivity contribution in [3.8, 4) is 5.75 Å². The number of carbonyl (C=O) groups is 3. The molecule has 8 N–H and O–H groups in total. The van der Waals surface area contributed by atoms with E-state index in [1.807, 2.05) is 0 Å². The Balaban J connectivity index is 2.66. The average molecular weight is 413 g/mol. The number of carboxylic acid groups (broad SMARTS) is 1. The molecule has 0 aliphatic carbocycles. The molecule has 9 nitrogen and oxygen atoms in total. The van der Waals surface area contributed by atoms with Gasteiger partial charge >= 0.3 is 5.97 Å². The number of nitrogens with two attached hydrogens (primary N) is 2. The van der Waals surface area contributed by atoms with Crippen LogP contribution in [0, 0.1) is 0 Å². The van der Waals surface area contributed by atoms with Crippen LogP contribution in [0.4, 0.5) is 0 Å². The van der Waals surface area contributed by atoms with Crippen molar-refractivity contribution < 1.29 is 24.6 Å². The first-order valence-corrected chi connectivity index (χ1v) is 9.59. The first-order chi connectivity index (χ1) is 13.3. The van der Waals surface area contributed by atoms with Gasteiger partial charge < -0.3 is 32.3 Å². The summed E-state index contributed by atoms with van der Waals surface area (Å²) in [5.41, 5.74) is 11.8. The fourth-order valence-corrected chi connectivity index (χ4v) is 2.71. The van der Waals surface area contributed by atoms with Gasteiger partial charge in [-0.05, 0) is 37.1 Å². The second-order valence-electron chi connectivity index (χ2n) is 6.40. The number of phenols is 1. The van der Waals surface area contributed by atoms with Crippen LogP contribution in [0.5, 0.6) is 5.75 Å². The van der Waals surface area contributed by atoms with Crippen molar-refractivity contribution in [2.45, 2.75) is 43.8 Å². The van der Waals surface area contributed by atoms with E-state index in [4.69, 9.17) is 11.5 Å². The fourth-order valence-electron chi connectivity index (χ4n) is 2.45. The van der Waals surface area contributed by atoms with Crippen molar-refractivity contribution in [1.82, 2.24) is 10.6 Å². The van der Waals surface area contributed by atoms with Crippen LogP contribution in [-0.4, -0.2) is 58.4 Å². The number of rotatable bonds is 12. The Labute approximate surface area is 169 Å². The monoisotopic (exact) mass is 412 g/mol. The lowest BCUT2D eigenvalue weighted by Gasteiger charge is -2.22. The maximum atomic E-state index is 12.4. The number of amides is 2. The van der Waals surface area contributed by atoms with Crippen molar-refractivity contribution in [2.24, 2.45) is 11.5 Å². The lowest BCUT2D eigenvalue weighted by molar-refractivity contribution is -0.142. The zero-order valence-corrected chi connectivity index (χ0v) is 16.4. The number of phenolic OH excluding ortho intramolecular Hbond substituents is 1. The quantitative estimate of drug-likeness (QED) is 0.177. The van der Waals surface area contributed by atoms with E-state index >= 15 is 0 Å². The Morgan fingerprint density at radius 3 is 2.18 bits per heavy atom. The van der Waals surface area contributed by atoms with Gasteiger partial charge in [-0.15, -0.1) is 0 Å². The van der Waals surface area contributed by atoms with E-state index in [1.54, 1.807) is 12.1 Å². The summed E-state index contributed by atoms with van der Waals surface area (Å²) in [6.45, 7) is 0.508. The molecule has 0 spiro atoms. The van der Waals surface area contributed by atoms with Gasteiger partial charge in [0.2, 0.25) is 11.8 Å². The Morgan fingerprint density at radius 2 is 1.64 bits per heavy atom. The van der Waals surface area contributed by atoms with Crippen molar-refractivity contribution in [2.75, 3.05) is 12.3 Å². The fraction of sp³-hybridized carbons (Fsp3) is 0.500. The highest BCUT2D eigenvalue weighted by atomic mass is 32.1. The van der Waals surface area contributed by atoms with E-state index in [2.05, 4.69) is 23.3 Å². The van der Waals surface area contributed by atoms with Gasteiger partial charge in [0.15, 0.2) is 0 Å². The van der Waals surface area contributed by atoms with Gasteiger partial charge in [0.1, 0.15) is 17.8 Å². The molecule has 2 amide bonds. The van der Waals surface area contributed by atoms with E-state index in [-0.39, 0.29) is 17.9 Å². The van der Waals surface area contributed by atoms with Gasteiger partial charge in [-0.3, -0.25) is 9.59 Å². The van der Waals surface area contributed by atoms with Crippen LogP contribution in [0.15, 0.2) is 24.3 Å². The minimum absolute atomic E-state index is 0.0152. The number of carbonyl (C=O) groups excluding carboxylic acids is 2. The van der Waals surface area contributed by atoms with Crippen molar-refractivity contribution >= 4 is 30.4 Å². The Kier molecular flexibility index (Phi) is 10.4. The number of hydrogen-bond acceptors (Lipinski definition) is 7. The smallest absolute Gasteiger partial charge is 0.326 e. The van der Waals surface area contributed by atoms with Gasteiger partial charge in [0.05, 0.1) is 6.04 Å². The topological polar surface area (TPSA) is 168 Å². The molecule has 1 aromatic carbocycles. The average Bonchev–Trinajstić information content (AvgIpc) is 2.66. The number of thiol groups is 1. The molecule has 0 aliphatic heterocycles. The third-order valence-corrected chi connectivity index (χ3v) is 4.48. The Hall–Kier alpha value is -2.30. The van der Waals surface area contributed by atoms with Gasteiger partial charge in [0, 0.05) is 12.2 Å². The number of unbranched alkanes of at least 4 members (excludes halogenated alkanes) is 1. The molecule has 0 bridgehead atoms. The zero-order chi connectivity index (χ0) is 21.1. The molecule has 10 heteroatoms. The molecule has 0 aliphatic rings. The van der Waals surface area contributed by atoms with Crippen LogP contribution in [0.2, 0.25) is 0 Å². The molecule has 1 rings (SSSR count). The van der Waals surface area contributed by atoms with Crippen molar-refractivity contribution in [1.29, 1.82) is 0 Å². The molecule has 28 heavy (non-hydrogen) atoms. The molecule has 0 aromatic heterocycles. The highest BCUT2D eigenvalue weighted by Crippen LogP contribution is 2.11. The molecule has 0 saturated heterocycles. The lowest BCUT2D eigenvalue weighted by Crippen LogP contribution is -2.55. The number of benzene rings is 1. The summed E-state index contributed by atoms with van der Waals surface area (Å²) in [6, 6.07) is 2.99. The van der Waals surface area contributed by atoms with E-state index in [1.165, 1.54) is 12.1 Å². The van der Waals surface area contributed by atoms with Crippen LogP contribution < -0.4 is 22.1 Å². The number of hydrogen-bond donors (Lipinski definition) is 7. The minimum Gasteiger partial charge on any atom is -0.508 e. The number of carboxylic acids is 1. The standard InChI is InChI=1S/C18H28N4O5S/c19-8-2-1-3-13(20)16(24)22-15(10-28)17(25)21-14(18(26)27)9-11-4-6-12(23)7-5-11/h4-7,13-15,23,28H,1-3,8-10,19-20H2,(H,21,25)(H,22,24)(H,26,27). The maximum Gasteiger partial charge on any atom is 0.326 e. The molecule has 0 fully saturated rings. The summed E-state index contributed by atoms with van der Waals surface area (Å²) in [5, 5.41) is 23.6.